The van der Waals surface area contributed by atoms with Gasteiger partial charge in [0.2, 0.25) is 0 Å². The van der Waals surface area contributed by atoms with Gasteiger partial charge in [-0.05, 0) is 76.2 Å². The van der Waals surface area contributed by atoms with Crippen molar-refractivity contribution in [3.63, 3.8) is 0 Å². The van der Waals surface area contributed by atoms with Crippen LogP contribution in [0.15, 0.2) is 55.2 Å². The molecule has 0 aromatic rings. The summed E-state index contributed by atoms with van der Waals surface area (Å²) in [5, 5.41) is 0.194. The lowest BCUT2D eigenvalue weighted by molar-refractivity contribution is -0.122. The fraction of sp³-hybridized carbons (Fsp3) is 0.536. The molecule has 0 spiro atoms. The maximum atomic E-state index is 11.0. The van der Waals surface area contributed by atoms with Crippen molar-refractivity contribution >= 4 is 40.6 Å². The molecule has 0 aromatic carbocycles. The molecule has 2 saturated carbocycles. The molecule has 0 radical (unpaired) electrons. The maximum Gasteiger partial charge on any atom is 0.154 e. The highest BCUT2D eigenvalue weighted by atomic mass is 35.5. The molecule has 5 rings (SSSR count). The number of halogens is 2. The van der Waals surface area contributed by atoms with Gasteiger partial charge in [0.25, 0.3) is 0 Å². The third-order valence-corrected chi connectivity index (χ3v) is 6.48. The van der Waals surface area contributed by atoms with E-state index in [9.17, 15) is 14.4 Å². The minimum absolute atomic E-state index is 0.0185. The lowest BCUT2D eigenvalue weighted by Crippen LogP contribution is -2.15. The van der Waals surface area contributed by atoms with E-state index in [1.54, 1.807) is 13.8 Å². The number of carbonyl (C=O) groups excluding carboxylic acids is 3. The molecule has 0 amide bonds. The van der Waals surface area contributed by atoms with Crippen molar-refractivity contribution in [2.24, 2.45) is 35.5 Å². The van der Waals surface area contributed by atoms with Crippen LogP contribution in [0.5, 0.6) is 0 Å². The number of Topliss-reactive ketones (excluding diaryl/α,β-unsaturated/α-hetero) is 2. The van der Waals surface area contributed by atoms with Gasteiger partial charge in [0.1, 0.15) is 18.0 Å². The third-order valence-electron chi connectivity index (χ3n) is 6.48. The average Bonchev–Trinajstić information content (AvgIpc) is 3.61. The Bertz CT molecular complexity index is 724. The van der Waals surface area contributed by atoms with Crippen molar-refractivity contribution in [2.75, 3.05) is 5.34 Å². The number of hydrogen-bond acceptors (Lipinski definition) is 3. The second-order valence-electron chi connectivity index (χ2n) is 8.91. The topological polar surface area (TPSA) is 51.2 Å². The Kier molecular flexibility index (Phi) is 14.1. The fourth-order valence-electron chi connectivity index (χ4n) is 4.84. The highest BCUT2D eigenvalue weighted by molar-refractivity contribution is 6.40. The van der Waals surface area contributed by atoms with Gasteiger partial charge in [-0.1, -0.05) is 30.9 Å². The van der Waals surface area contributed by atoms with E-state index >= 15 is 0 Å². The molecule has 0 N–H and O–H groups in total. The van der Waals surface area contributed by atoms with Gasteiger partial charge in [-0.25, -0.2) is 0 Å². The van der Waals surface area contributed by atoms with Gasteiger partial charge in [-0.15, -0.1) is 23.2 Å². The monoisotopic (exact) mass is 491 g/mol. The van der Waals surface area contributed by atoms with E-state index in [-0.39, 0.29) is 11.1 Å². The lowest BCUT2D eigenvalue weighted by Gasteiger charge is -2.13. The van der Waals surface area contributed by atoms with Gasteiger partial charge < -0.3 is 0 Å². The number of carbonyl (C=O) groups is 3. The van der Waals surface area contributed by atoms with Crippen molar-refractivity contribution in [2.45, 2.75) is 52.9 Å². The van der Waals surface area contributed by atoms with Crippen LogP contribution in [-0.4, -0.2) is 22.7 Å². The van der Waals surface area contributed by atoms with Crippen LogP contribution in [0.3, 0.4) is 0 Å². The molecule has 6 unspecified atom stereocenters. The Hall–Kier alpha value is -1.80. The number of fused-ring (bicyclic) bond motifs is 4. The van der Waals surface area contributed by atoms with E-state index in [4.69, 9.17) is 23.2 Å². The van der Waals surface area contributed by atoms with Gasteiger partial charge in [0.05, 0.1) is 17.5 Å². The Balaban J connectivity index is 0.000000222. The van der Waals surface area contributed by atoms with Crippen molar-refractivity contribution < 1.29 is 14.4 Å². The van der Waals surface area contributed by atoms with E-state index in [2.05, 4.69) is 43.0 Å². The molecule has 4 bridgehead atoms. The normalized spacial score (nSPS) is 29.8. The Labute approximate surface area is 209 Å². The molecule has 0 aromatic heterocycles. The Morgan fingerprint density at radius 2 is 1.30 bits per heavy atom. The van der Waals surface area contributed by atoms with Gasteiger partial charge in [0.15, 0.2) is 11.9 Å². The molecule has 3 nitrogen and oxygen atoms in total. The second-order valence-corrected chi connectivity index (χ2v) is 9.72. The highest BCUT2D eigenvalue weighted by Crippen LogP contribution is 2.44. The summed E-state index contributed by atoms with van der Waals surface area (Å²) in [6.45, 7) is 8.12. The zero-order chi connectivity index (χ0) is 24.8. The van der Waals surface area contributed by atoms with Gasteiger partial charge in [0, 0.05) is 17.9 Å². The van der Waals surface area contributed by atoms with E-state index in [0.717, 1.165) is 31.1 Å². The lowest BCUT2D eigenvalue weighted by atomic mass is 9.90. The van der Waals surface area contributed by atoms with Crippen molar-refractivity contribution in [3.05, 3.63) is 61.3 Å². The smallest absolute Gasteiger partial charge is 0.154 e. The number of ketones is 3. The number of rotatable bonds is 3. The van der Waals surface area contributed by atoms with Crippen LogP contribution < -0.4 is 0 Å². The fourth-order valence-corrected chi connectivity index (χ4v) is 4.84. The van der Waals surface area contributed by atoms with Crippen molar-refractivity contribution in [3.8, 4) is 0 Å². The van der Waals surface area contributed by atoms with E-state index < -0.39 is 0 Å². The molecule has 180 valence electrons. The summed E-state index contributed by atoms with van der Waals surface area (Å²) in [6.07, 6.45) is 25.0. The molecular weight excluding hydrogens is 455 g/mol. The molecule has 0 heterocycles. The molecular formula is C28H37Cl2O3+. The van der Waals surface area contributed by atoms with Gasteiger partial charge >= 0.3 is 0 Å². The molecule has 0 aliphatic heterocycles. The average molecular weight is 493 g/mol. The first-order valence-corrected chi connectivity index (χ1v) is 12.6. The predicted molar refractivity (Wildman–Crippen MR) is 138 cm³/mol. The molecule has 2 fully saturated rings. The molecule has 5 aliphatic carbocycles. The SMILES string of the molecule is C=CC(C)=O.CC(=O)C1CC2C=CC1C2.CC(=O)C1CC2C=CC1C2.ClCCl.[C+]1=CC=CC1. The molecule has 0 saturated heterocycles. The number of alkyl halides is 2. The van der Waals surface area contributed by atoms with Crippen LogP contribution >= 0.6 is 23.2 Å². The minimum atomic E-state index is 0.0185. The summed E-state index contributed by atoms with van der Waals surface area (Å²) in [7, 11) is 0. The van der Waals surface area contributed by atoms with Crippen molar-refractivity contribution in [1.82, 2.24) is 0 Å². The summed E-state index contributed by atoms with van der Waals surface area (Å²) in [4.78, 5) is 31.7. The van der Waals surface area contributed by atoms with Crippen LogP contribution in [0.25, 0.3) is 0 Å². The zero-order valence-corrected chi connectivity index (χ0v) is 21.5. The summed E-state index contributed by atoms with van der Waals surface area (Å²) < 4.78 is 0. The second kappa shape index (κ2) is 15.9. The molecule has 5 heteroatoms. The number of hydrogen-bond donors (Lipinski definition) is 0. The van der Waals surface area contributed by atoms with Crippen LogP contribution in [0.4, 0.5) is 0 Å². The maximum absolute atomic E-state index is 11.0. The molecule has 5 aliphatic rings. The standard InChI is InChI=1S/2C9H12O.C5H5.C4H6O.CH2Cl2/c2*1-6(10)9-5-7-2-3-8(9)4-7;1-2-4-5-3-1;1-3-4(2)5;2-1-3/h2*2-3,7-9H,4-5H2,1H3;1-3H,4H2;3H,1H2,2H3;1H2/q;;+1;;. The quantitative estimate of drug-likeness (QED) is 0.183. The third kappa shape index (κ3) is 10.8. The minimum Gasteiger partial charge on any atom is -0.300 e. The first-order chi connectivity index (χ1) is 15.7. The predicted octanol–water partition coefficient (Wildman–Crippen LogP) is 7.06. The van der Waals surface area contributed by atoms with Gasteiger partial charge in [-0.2, -0.15) is 0 Å². The van der Waals surface area contributed by atoms with Crippen LogP contribution in [0, 0.1) is 41.6 Å². The van der Waals surface area contributed by atoms with E-state index in [0.29, 0.717) is 35.2 Å². The largest absolute Gasteiger partial charge is 0.300 e. The summed E-state index contributed by atoms with van der Waals surface area (Å²) in [6, 6.07) is 0. The first kappa shape index (κ1) is 29.2. The molecule has 6 atom stereocenters. The van der Waals surface area contributed by atoms with Crippen LogP contribution in [0.2, 0.25) is 0 Å². The summed E-state index contributed by atoms with van der Waals surface area (Å²) in [5.74, 6) is 4.20. The summed E-state index contributed by atoms with van der Waals surface area (Å²) in [5.41, 5.74) is 0. The van der Waals surface area contributed by atoms with Crippen LogP contribution in [-0.2, 0) is 14.4 Å². The Morgan fingerprint density at radius 3 is 1.42 bits per heavy atom. The first-order valence-electron chi connectivity index (χ1n) is 11.6. The van der Waals surface area contributed by atoms with Gasteiger partial charge in [-0.3, -0.25) is 14.4 Å². The van der Waals surface area contributed by atoms with E-state index in [1.807, 2.05) is 12.2 Å². The van der Waals surface area contributed by atoms with E-state index in [1.165, 1.54) is 25.8 Å². The zero-order valence-electron chi connectivity index (χ0n) is 20.0. The Morgan fingerprint density at radius 1 is 0.879 bits per heavy atom. The number of allylic oxidation sites excluding steroid dienone is 9. The van der Waals surface area contributed by atoms with Crippen LogP contribution in [0.1, 0.15) is 52.9 Å². The molecule has 33 heavy (non-hydrogen) atoms. The summed E-state index contributed by atoms with van der Waals surface area (Å²) >= 11 is 9.53. The highest BCUT2D eigenvalue weighted by Gasteiger charge is 2.38. The van der Waals surface area contributed by atoms with Crippen molar-refractivity contribution in [1.29, 1.82) is 0 Å².